The first-order chi connectivity index (χ1) is 9.62. The number of carbonyl (C=O) groups is 1. The third-order valence-electron chi connectivity index (χ3n) is 3.54. The molecule has 0 aromatic rings. The Kier molecular flexibility index (Phi) is 6.47. The lowest BCUT2D eigenvalue weighted by Crippen LogP contribution is -2.45. The van der Waals surface area contributed by atoms with Crippen LogP contribution in [0.1, 0.15) is 48.0 Å². The second-order valence-corrected chi connectivity index (χ2v) is 7.46. The molecule has 0 saturated carbocycles. The first-order valence-electron chi connectivity index (χ1n) is 7.89. The minimum Gasteiger partial charge on any atom is -0.444 e. The zero-order valence-corrected chi connectivity index (χ0v) is 14.6. The van der Waals surface area contributed by atoms with Gasteiger partial charge < -0.3 is 19.7 Å². The van der Waals surface area contributed by atoms with E-state index >= 15 is 0 Å². The van der Waals surface area contributed by atoms with Crippen molar-refractivity contribution in [3.05, 3.63) is 0 Å². The molecule has 0 aromatic heterocycles. The summed E-state index contributed by atoms with van der Waals surface area (Å²) in [5, 5.41) is 3.58. The number of likely N-dealkylation sites (tertiary alicyclic amines) is 1. The van der Waals surface area contributed by atoms with Crippen LogP contribution in [0.15, 0.2) is 0 Å². The number of nitrogens with one attached hydrogen (secondary N) is 1. The van der Waals surface area contributed by atoms with Gasteiger partial charge in [-0.15, -0.1) is 0 Å². The van der Waals surface area contributed by atoms with Gasteiger partial charge in [-0.25, -0.2) is 4.79 Å². The van der Waals surface area contributed by atoms with Crippen LogP contribution < -0.4 is 5.32 Å². The van der Waals surface area contributed by atoms with Crippen molar-refractivity contribution >= 4 is 6.09 Å². The molecule has 0 spiro atoms. The van der Waals surface area contributed by atoms with Crippen LogP contribution in [-0.2, 0) is 9.47 Å². The van der Waals surface area contributed by atoms with Crippen molar-refractivity contribution in [1.82, 2.24) is 10.2 Å². The molecule has 1 fully saturated rings. The second kappa shape index (κ2) is 7.45. The first kappa shape index (κ1) is 18.2. The fourth-order valence-electron chi connectivity index (χ4n) is 2.79. The summed E-state index contributed by atoms with van der Waals surface area (Å²) in [7, 11) is 1.70. The van der Waals surface area contributed by atoms with Gasteiger partial charge in [0.25, 0.3) is 0 Å². The maximum absolute atomic E-state index is 12.2. The van der Waals surface area contributed by atoms with Crippen molar-refractivity contribution in [3.8, 4) is 0 Å². The fourth-order valence-corrected chi connectivity index (χ4v) is 2.79. The second-order valence-electron chi connectivity index (χ2n) is 7.46. The van der Waals surface area contributed by atoms with Gasteiger partial charge >= 0.3 is 6.09 Å². The molecule has 0 radical (unpaired) electrons. The molecule has 1 rings (SSSR count). The standard InChI is InChI=1S/C16H32N2O3/c1-11(2)8-12(3)17-13-9-18(10-14(13)20-7)15(19)21-16(4,5)6/h11-14,17H,8-10H2,1-7H3/t12?,13?,14-/m0/s1. The first-order valence-corrected chi connectivity index (χ1v) is 7.89. The van der Waals surface area contributed by atoms with Crippen LogP contribution in [0.5, 0.6) is 0 Å². The van der Waals surface area contributed by atoms with Gasteiger partial charge in [0.05, 0.1) is 18.7 Å². The van der Waals surface area contributed by atoms with Crippen molar-refractivity contribution in [3.63, 3.8) is 0 Å². The van der Waals surface area contributed by atoms with Crippen LogP contribution >= 0.6 is 0 Å². The Bertz CT molecular complexity index is 339. The van der Waals surface area contributed by atoms with E-state index in [4.69, 9.17) is 9.47 Å². The van der Waals surface area contributed by atoms with E-state index in [9.17, 15) is 4.79 Å². The van der Waals surface area contributed by atoms with Gasteiger partial charge in [0.2, 0.25) is 0 Å². The Morgan fingerprint density at radius 2 is 1.90 bits per heavy atom. The molecule has 124 valence electrons. The SMILES string of the molecule is CO[C@H]1CN(C(=O)OC(C)(C)C)CC1NC(C)CC(C)C. The van der Waals surface area contributed by atoms with Crippen LogP contribution in [-0.4, -0.2) is 55.0 Å². The summed E-state index contributed by atoms with van der Waals surface area (Å²) in [6.45, 7) is 13.5. The number of rotatable bonds is 5. The Hall–Kier alpha value is -0.810. The number of methoxy groups -OCH3 is 1. The largest absolute Gasteiger partial charge is 0.444 e. The lowest BCUT2D eigenvalue weighted by Gasteiger charge is -2.25. The smallest absolute Gasteiger partial charge is 0.410 e. The number of amides is 1. The highest BCUT2D eigenvalue weighted by Crippen LogP contribution is 2.18. The van der Waals surface area contributed by atoms with Gasteiger partial charge in [-0.2, -0.15) is 0 Å². The molecule has 3 atom stereocenters. The van der Waals surface area contributed by atoms with E-state index in [2.05, 4.69) is 26.1 Å². The molecule has 5 nitrogen and oxygen atoms in total. The lowest BCUT2D eigenvalue weighted by atomic mass is 10.0. The van der Waals surface area contributed by atoms with Gasteiger partial charge in [0, 0.05) is 19.7 Å². The molecular formula is C16H32N2O3. The summed E-state index contributed by atoms with van der Waals surface area (Å²) in [4.78, 5) is 13.9. The molecule has 1 heterocycles. The van der Waals surface area contributed by atoms with E-state index in [1.807, 2.05) is 20.8 Å². The maximum Gasteiger partial charge on any atom is 0.410 e. The highest BCUT2D eigenvalue weighted by atomic mass is 16.6. The fraction of sp³-hybridized carbons (Fsp3) is 0.938. The van der Waals surface area contributed by atoms with Crippen molar-refractivity contribution in [2.45, 2.75) is 71.8 Å². The van der Waals surface area contributed by atoms with Crippen molar-refractivity contribution in [1.29, 1.82) is 0 Å². The number of carbonyl (C=O) groups excluding carboxylic acids is 1. The van der Waals surface area contributed by atoms with Crippen LogP contribution in [0.4, 0.5) is 4.79 Å². The van der Waals surface area contributed by atoms with Crippen molar-refractivity contribution in [2.75, 3.05) is 20.2 Å². The van der Waals surface area contributed by atoms with Gasteiger partial charge in [-0.05, 0) is 40.0 Å². The van der Waals surface area contributed by atoms with Gasteiger partial charge in [-0.3, -0.25) is 0 Å². The summed E-state index contributed by atoms with van der Waals surface area (Å²) in [6.07, 6.45) is 0.872. The highest BCUT2D eigenvalue weighted by molar-refractivity contribution is 5.68. The number of ether oxygens (including phenoxy) is 2. The maximum atomic E-state index is 12.2. The predicted octanol–water partition coefficient (Wildman–Crippen LogP) is 2.64. The molecule has 21 heavy (non-hydrogen) atoms. The zero-order valence-electron chi connectivity index (χ0n) is 14.6. The topological polar surface area (TPSA) is 50.8 Å². The summed E-state index contributed by atoms with van der Waals surface area (Å²) in [6, 6.07) is 0.572. The predicted molar refractivity (Wildman–Crippen MR) is 84.4 cm³/mol. The average Bonchev–Trinajstić information content (AvgIpc) is 2.68. The lowest BCUT2D eigenvalue weighted by molar-refractivity contribution is 0.0252. The monoisotopic (exact) mass is 300 g/mol. The molecule has 1 aliphatic rings. The number of hydrogen-bond acceptors (Lipinski definition) is 4. The summed E-state index contributed by atoms with van der Waals surface area (Å²) in [5.41, 5.74) is -0.462. The van der Waals surface area contributed by atoms with Crippen LogP contribution in [0.3, 0.4) is 0 Å². The van der Waals surface area contributed by atoms with E-state index in [0.29, 0.717) is 25.0 Å². The molecule has 5 heteroatoms. The molecule has 0 aromatic carbocycles. The highest BCUT2D eigenvalue weighted by Gasteiger charge is 2.37. The van der Waals surface area contributed by atoms with Crippen LogP contribution in [0.2, 0.25) is 0 Å². The molecule has 1 aliphatic heterocycles. The molecular weight excluding hydrogens is 268 g/mol. The van der Waals surface area contributed by atoms with Gasteiger partial charge in [-0.1, -0.05) is 13.8 Å². The van der Waals surface area contributed by atoms with Crippen LogP contribution in [0, 0.1) is 5.92 Å². The van der Waals surface area contributed by atoms with E-state index in [-0.39, 0.29) is 18.2 Å². The van der Waals surface area contributed by atoms with E-state index in [0.717, 1.165) is 6.42 Å². The Morgan fingerprint density at radius 1 is 1.29 bits per heavy atom. The van der Waals surface area contributed by atoms with E-state index < -0.39 is 5.60 Å². The quantitative estimate of drug-likeness (QED) is 0.848. The number of hydrogen-bond donors (Lipinski definition) is 1. The molecule has 2 unspecified atom stereocenters. The van der Waals surface area contributed by atoms with Crippen molar-refractivity contribution < 1.29 is 14.3 Å². The average molecular weight is 300 g/mol. The third-order valence-corrected chi connectivity index (χ3v) is 3.54. The summed E-state index contributed by atoms with van der Waals surface area (Å²) in [5.74, 6) is 0.650. The van der Waals surface area contributed by atoms with E-state index in [1.54, 1.807) is 12.0 Å². The molecule has 1 N–H and O–H groups in total. The van der Waals surface area contributed by atoms with Crippen LogP contribution in [0.25, 0.3) is 0 Å². The normalized spacial score (nSPS) is 24.5. The summed E-state index contributed by atoms with van der Waals surface area (Å²) < 4.78 is 11.0. The van der Waals surface area contributed by atoms with Gasteiger partial charge in [0.1, 0.15) is 5.60 Å². The minimum atomic E-state index is -0.462. The minimum absolute atomic E-state index is 0.0205. The number of nitrogens with zero attached hydrogens (tertiary/aromatic N) is 1. The van der Waals surface area contributed by atoms with E-state index in [1.165, 1.54) is 0 Å². The van der Waals surface area contributed by atoms with Crippen molar-refractivity contribution in [2.24, 2.45) is 5.92 Å². The molecule has 0 bridgehead atoms. The third kappa shape index (κ3) is 6.22. The summed E-state index contributed by atoms with van der Waals surface area (Å²) >= 11 is 0. The molecule has 1 amide bonds. The Balaban J connectivity index is 2.57. The zero-order chi connectivity index (χ0) is 16.2. The Morgan fingerprint density at radius 3 is 2.38 bits per heavy atom. The van der Waals surface area contributed by atoms with Gasteiger partial charge in [0.15, 0.2) is 0 Å². The molecule has 1 saturated heterocycles. The Labute approximate surface area is 129 Å². The molecule has 0 aliphatic carbocycles.